The zero-order chi connectivity index (χ0) is 24.4. The Labute approximate surface area is 204 Å². The molecule has 0 saturated carbocycles. The Bertz CT molecular complexity index is 1230. The summed E-state index contributed by atoms with van der Waals surface area (Å²) >= 11 is 0. The van der Waals surface area contributed by atoms with Crippen LogP contribution in [-0.4, -0.2) is 59.0 Å². The van der Waals surface area contributed by atoms with Crippen molar-refractivity contribution >= 4 is 17.5 Å². The van der Waals surface area contributed by atoms with Gasteiger partial charge in [0.05, 0.1) is 6.54 Å². The Morgan fingerprint density at radius 2 is 1.80 bits per heavy atom. The van der Waals surface area contributed by atoms with Gasteiger partial charge in [-0.25, -0.2) is 4.98 Å². The smallest absolute Gasteiger partial charge is 0.228 e. The standard InChI is InChI=1S/C27H30N4O4/c1-18-15-22(19(2)31(18)21-6-7-24-25(16-21)35-14-13-34-24)23(32)17-30-11-8-20(9-12-30)27(33)29-26-5-3-4-10-28-26/h3-7,10,15-16,20H,8-9,11-14,17H2,1-2H3,(H,28,29,33). The van der Waals surface area contributed by atoms with Gasteiger partial charge in [-0.15, -0.1) is 0 Å². The third-order valence-corrected chi connectivity index (χ3v) is 6.76. The molecule has 0 bridgehead atoms. The van der Waals surface area contributed by atoms with Crippen LogP contribution in [0.15, 0.2) is 48.7 Å². The SMILES string of the molecule is Cc1cc(C(=O)CN2CCC(C(=O)Nc3ccccn3)CC2)c(C)n1-c1ccc2c(c1)OCCO2. The van der Waals surface area contributed by atoms with Crippen molar-refractivity contribution in [1.82, 2.24) is 14.5 Å². The van der Waals surface area contributed by atoms with Gasteiger partial charge in [0.1, 0.15) is 19.0 Å². The number of anilines is 1. The second-order valence-electron chi connectivity index (χ2n) is 9.13. The van der Waals surface area contributed by atoms with E-state index in [1.54, 1.807) is 12.3 Å². The van der Waals surface area contributed by atoms with Crippen molar-refractivity contribution in [2.24, 2.45) is 5.92 Å². The Kier molecular flexibility index (Phi) is 6.55. The van der Waals surface area contributed by atoms with E-state index < -0.39 is 0 Å². The van der Waals surface area contributed by atoms with Gasteiger partial charge in [0.2, 0.25) is 5.91 Å². The molecule has 0 atom stereocenters. The largest absolute Gasteiger partial charge is 0.486 e. The molecule has 2 aliphatic rings. The number of ketones is 1. The quantitative estimate of drug-likeness (QED) is 0.547. The van der Waals surface area contributed by atoms with E-state index in [2.05, 4.69) is 19.8 Å². The Morgan fingerprint density at radius 1 is 1.03 bits per heavy atom. The summed E-state index contributed by atoms with van der Waals surface area (Å²) in [5.41, 5.74) is 3.58. The maximum absolute atomic E-state index is 13.2. The summed E-state index contributed by atoms with van der Waals surface area (Å²) in [6, 6.07) is 13.3. The number of ether oxygens (including phenoxy) is 2. The molecule has 8 heteroatoms. The molecule has 3 aromatic rings. The average Bonchev–Trinajstić information content (AvgIpc) is 3.18. The number of benzene rings is 1. The van der Waals surface area contributed by atoms with Crippen LogP contribution in [0.1, 0.15) is 34.6 Å². The summed E-state index contributed by atoms with van der Waals surface area (Å²) in [5.74, 6) is 2.07. The number of hydrogen-bond donors (Lipinski definition) is 1. The lowest BCUT2D eigenvalue weighted by molar-refractivity contribution is -0.121. The molecule has 5 rings (SSSR count). The number of nitrogens with one attached hydrogen (secondary N) is 1. The molecule has 35 heavy (non-hydrogen) atoms. The number of rotatable bonds is 6. The van der Waals surface area contributed by atoms with Crippen LogP contribution in [0, 0.1) is 19.8 Å². The fraction of sp³-hybridized carbons (Fsp3) is 0.370. The van der Waals surface area contributed by atoms with Gasteiger partial charge in [-0.05, 0) is 70.1 Å². The normalized spacial score (nSPS) is 16.2. The van der Waals surface area contributed by atoms with Crippen molar-refractivity contribution in [3.05, 3.63) is 65.6 Å². The molecule has 1 fully saturated rings. The lowest BCUT2D eigenvalue weighted by Gasteiger charge is -2.30. The van der Waals surface area contributed by atoms with Crippen molar-refractivity contribution in [2.45, 2.75) is 26.7 Å². The minimum atomic E-state index is -0.0661. The van der Waals surface area contributed by atoms with Gasteiger partial charge < -0.3 is 19.4 Å². The fourth-order valence-corrected chi connectivity index (χ4v) is 4.92. The van der Waals surface area contributed by atoms with Crippen LogP contribution in [0.3, 0.4) is 0 Å². The molecule has 4 heterocycles. The van der Waals surface area contributed by atoms with Crippen molar-refractivity contribution in [3.8, 4) is 17.2 Å². The predicted octanol–water partition coefficient (Wildman–Crippen LogP) is 3.79. The maximum Gasteiger partial charge on any atom is 0.228 e. The van der Waals surface area contributed by atoms with Gasteiger partial charge in [-0.3, -0.25) is 14.5 Å². The van der Waals surface area contributed by atoms with Crippen LogP contribution in [-0.2, 0) is 4.79 Å². The Balaban J connectivity index is 1.21. The second kappa shape index (κ2) is 9.92. The van der Waals surface area contributed by atoms with Crippen molar-refractivity contribution in [2.75, 3.05) is 38.2 Å². The molecule has 1 aromatic carbocycles. The molecule has 0 unspecified atom stereocenters. The Morgan fingerprint density at radius 3 is 2.54 bits per heavy atom. The topological polar surface area (TPSA) is 85.7 Å². The number of aromatic nitrogens is 2. The number of carbonyl (C=O) groups excluding carboxylic acids is 2. The highest BCUT2D eigenvalue weighted by atomic mass is 16.6. The molecule has 8 nitrogen and oxygen atoms in total. The highest BCUT2D eigenvalue weighted by Crippen LogP contribution is 2.33. The van der Waals surface area contributed by atoms with E-state index >= 15 is 0 Å². The molecule has 2 aliphatic heterocycles. The number of aryl methyl sites for hydroxylation is 1. The number of hydrogen-bond acceptors (Lipinski definition) is 6. The van der Waals surface area contributed by atoms with Gasteiger partial charge >= 0.3 is 0 Å². The van der Waals surface area contributed by atoms with Gasteiger partial charge in [-0.1, -0.05) is 6.07 Å². The Hall–Kier alpha value is -3.65. The molecule has 0 aliphatic carbocycles. The summed E-state index contributed by atoms with van der Waals surface area (Å²) in [6.07, 6.45) is 3.11. The fourth-order valence-electron chi connectivity index (χ4n) is 4.92. The van der Waals surface area contributed by atoms with Crippen LogP contribution in [0.4, 0.5) is 5.82 Å². The lowest BCUT2D eigenvalue weighted by Crippen LogP contribution is -2.40. The third-order valence-electron chi connectivity index (χ3n) is 6.76. The average molecular weight is 475 g/mol. The van der Waals surface area contributed by atoms with E-state index in [1.807, 2.05) is 50.2 Å². The number of pyridine rings is 1. The second-order valence-corrected chi connectivity index (χ2v) is 9.13. The lowest BCUT2D eigenvalue weighted by atomic mass is 9.95. The highest BCUT2D eigenvalue weighted by Gasteiger charge is 2.27. The molecule has 0 radical (unpaired) electrons. The van der Waals surface area contributed by atoms with Crippen LogP contribution >= 0.6 is 0 Å². The minimum Gasteiger partial charge on any atom is -0.486 e. The molecule has 0 spiro atoms. The monoisotopic (exact) mass is 474 g/mol. The van der Waals surface area contributed by atoms with E-state index in [4.69, 9.17) is 9.47 Å². The first-order valence-electron chi connectivity index (χ1n) is 12.1. The van der Waals surface area contributed by atoms with E-state index in [0.29, 0.717) is 38.7 Å². The molecular weight excluding hydrogens is 444 g/mol. The van der Waals surface area contributed by atoms with Crippen LogP contribution in [0.5, 0.6) is 11.5 Å². The highest BCUT2D eigenvalue weighted by molar-refractivity contribution is 5.99. The molecule has 2 aromatic heterocycles. The summed E-state index contributed by atoms with van der Waals surface area (Å²) < 4.78 is 13.5. The van der Waals surface area contributed by atoms with Crippen LogP contribution in [0.25, 0.3) is 5.69 Å². The first-order chi connectivity index (χ1) is 17.0. The first-order valence-corrected chi connectivity index (χ1v) is 12.1. The van der Waals surface area contributed by atoms with E-state index in [9.17, 15) is 9.59 Å². The van der Waals surface area contributed by atoms with Crippen LogP contribution < -0.4 is 14.8 Å². The summed E-state index contributed by atoms with van der Waals surface area (Å²) in [6.45, 7) is 6.85. The van der Waals surface area contributed by atoms with Crippen LogP contribution in [0.2, 0.25) is 0 Å². The first kappa shape index (κ1) is 23.1. The summed E-state index contributed by atoms with van der Waals surface area (Å²) in [5, 5.41) is 2.89. The van der Waals surface area contributed by atoms with E-state index in [0.717, 1.165) is 47.0 Å². The van der Waals surface area contributed by atoms with Crippen molar-refractivity contribution in [3.63, 3.8) is 0 Å². The molecule has 1 saturated heterocycles. The molecule has 1 N–H and O–H groups in total. The van der Waals surface area contributed by atoms with Gasteiger partial charge in [0.15, 0.2) is 17.3 Å². The predicted molar refractivity (Wildman–Crippen MR) is 133 cm³/mol. The number of Topliss-reactive ketones (excluding diaryl/α,β-unsaturated/α-hetero) is 1. The third kappa shape index (κ3) is 4.93. The van der Waals surface area contributed by atoms with E-state index in [-0.39, 0.29) is 17.6 Å². The van der Waals surface area contributed by atoms with E-state index in [1.165, 1.54) is 0 Å². The van der Waals surface area contributed by atoms with Gasteiger partial charge in [0.25, 0.3) is 0 Å². The van der Waals surface area contributed by atoms with Gasteiger partial charge in [0, 0.05) is 40.8 Å². The van der Waals surface area contributed by atoms with Crippen molar-refractivity contribution in [1.29, 1.82) is 0 Å². The zero-order valence-corrected chi connectivity index (χ0v) is 20.1. The number of amides is 1. The molecule has 1 amide bonds. The molecule has 182 valence electrons. The maximum atomic E-state index is 13.2. The summed E-state index contributed by atoms with van der Waals surface area (Å²) in [7, 11) is 0. The minimum absolute atomic E-state index is 0.00217. The zero-order valence-electron chi connectivity index (χ0n) is 20.1. The van der Waals surface area contributed by atoms with Gasteiger partial charge in [-0.2, -0.15) is 0 Å². The molecular formula is C27H30N4O4. The number of likely N-dealkylation sites (tertiary alicyclic amines) is 1. The number of fused-ring (bicyclic) bond motifs is 1. The number of nitrogens with zero attached hydrogens (tertiary/aromatic N) is 3. The summed E-state index contributed by atoms with van der Waals surface area (Å²) in [4.78, 5) is 32.1. The van der Waals surface area contributed by atoms with Crippen molar-refractivity contribution < 1.29 is 19.1 Å². The number of carbonyl (C=O) groups is 2. The number of piperidine rings is 1.